The molecule has 2 amide bonds. The molecule has 0 radical (unpaired) electrons. The second-order valence-corrected chi connectivity index (χ2v) is 6.48. The normalized spacial score (nSPS) is 25.6. The number of carboxylic acid groups (broad SMARTS) is 1. The highest BCUT2D eigenvalue weighted by Gasteiger charge is 2.35. The first-order chi connectivity index (χ1) is 11.6. The van der Waals surface area contributed by atoms with Gasteiger partial charge in [0.2, 0.25) is 0 Å². The summed E-state index contributed by atoms with van der Waals surface area (Å²) < 4.78 is 0. The van der Waals surface area contributed by atoms with Crippen LogP contribution in [0.3, 0.4) is 0 Å². The number of anilines is 1. The fourth-order valence-electron chi connectivity index (χ4n) is 3.75. The molecule has 3 saturated heterocycles. The summed E-state index contributed by atoms with van der Waals surface area (Å²) in [7, 11) is 0. The Bertz CT molecular complexity index is 794. The molecule has 0 spiro atoms. The van der Waals surface area contributed by atoms with E-state index < -0.39 is 6.09 Å². The standard InChI is InChI=1S/C16H19N5O3/c22-15(18-13-8-21-5-3-9(13)4-6-21)14-11-7-10(17-16(23)24)1-2-12(11)19-20-14/h1-2,7,9,13,17H,3-6,8H2,(H,18,22)(H,19,20)(H,23,24)/t13-/m0/s1. The number of benzene rings is 1. The number of nitrogens with one attached hydrogen (secondary N) is 3. The van der Waals surface area contributed by atoms with Gasteiger partial charge in [0.05, 0.1) is 5.52 Å². The van der Waals surface area contributed by atoms with Crippen LogP contribution in [0.25, 0.3) is 10.9 Å². The van der Waals surface area contributed by atoms with E-state index in [1.807, 2.05) is 0 Å². The Balaban J connectivity index is 1.56. The summed E-state index contributed by atoms with van der Waals surface area (Å²) in [5.74, 6) is 0.320. The molecule has 2 bridgehead atoms. The molecule has 1 aromatic carbocycles. The van der Waals surface area contributed by atoms with Gasteiger partial charge in [-0.1, -0.05) is 0 Å². The lowest BCUT2D eigenvalue weighted by molar-refractivity contribution is 0.0618. The van der Waals surface area contributed by atoms with Gasteiger partial charge in [0, 0.05) is 23.7 Å². The SMILES string of the molecule is O=C(O)Nc1ccc2[nH]nc(C(=O)N[C@H]3CN4CCC3CC4)c2c1. The second kappa shape index (κ2) is 5.79. The molecular formula is C16H19N5O3. The van der Waals surface area contributed by atoms with Gasteiger partial charge in [0.1, 0.15) is 0 Å². The summed E-state index contributed by atoms with van der Waals surface area (Å²) in [5, 5.41) is 21.8. The van der Waals surface area contributed by atoms with Gasteiger partial charge in [-0.15, -0.1) is 0 Å². The van der Waals surface area contributed by atoms with Crippen molar-refractivity contribution in [3.8, 4) is 0 Å². The zero-order valence-corrected chi connectivity index (χ0v) is 13.1. The van der Waals surface area contributed by atoms with E-state index in [0.717, 1.165) is 32.5 Å². The lowest BCUT2D eigenvalue weighted by atomic mass is 9.84. The topological polar surface area (TPSA) is 110 Å². The van der Waals surface area contributed by atoms with Crippen molar-refractivity contribution in [3.63, 3.8) is 0 Å². The van der Waals surface area contributed by atoms with Crippen LogP contribution in [0.1, 0.15) is 23.3 Å². The number of nitrogens with zero attached hydrogens (tertiary/aromatic N) is 2. The molecule has 0 unspecified atom stereocenters. The zero-order chi connectivity index (χ0) is 16.7. The van der Waals surface area contributed by atoms with Crippen molar-refractivity contribution in [3.05, 3.63) is 23.9 Å². The molecule has 4 heterocycles. The fourth-order valence-corrected chi connectivity index (χ4v) is 3.75. The number of fused-ring (bicyclic) bond motifs is 4. The molecule has 3 aliphatic rings. The molecule has 0 aliphatic carbocycles. The molecule has 2 aromatic rings. The number of aromatic nitrogens is 2. The lowest BCUT2D eigenvalue weighted by Crippen LogP contribution is -2.57. The van der Waals surface area contributed by atoms with Gasteiger partial charge in [-0.25, -0.2) is 4.79 Å². The molecule has 4 N–H and O–H groups in total. The van der Waals surface area contributed by atoms with Gasteiger partial charge in [-0.2, -0.15) is 5.10 Å². The monoisotopic (exact) mass is 329 g/mol. The third kappa shape index (κ3) is 2.69. The van der Waals surface area contributed by atoms with E-state index in [-0.39, 0.29) is 11.9 Å². The van der Waals surface area contributed by atoms with Crippen LogP contribution < -0.4 is 10.6 Å². The van der Waals surface area contributed by atoms with Gasteiger partial charge in [0.25, 0.3) is 5.91 Å². The van der Waals surface area contributed by atoms with Gasteiger partial charge in [0.15, 0.2) is 5.69 Å². The van der Waals surface area contributed by atoms with Crippen molar-refractivity contribution in [2.24, 2.45) is 5.92 Å². The average molecular weight is 329 g/mol. The Labute approximate surface area is 138 Å². The Morgan fingerprint density at radius 1 is 1.29 bits per heavy atom. The number of rotatable bonds is 3. The molecule has 1 atom stereocenters. The molecule has 3 aliphatic heterocycles. The molecule has 24 heavy (non-hydrogen) atoms. The summed E-state index contributed by atoms with van der Waals surface area (Å²) in [5.41, 5.74) is 1.41. The predicted molar refractivity (Wildman–Crippen MR) is 88.2 cm³/mol. The maximum absolute atomic E-state index is 12.6. The van der Waals surface area contributed by atoms with Gasteiger partial charge >= 0.3 is 6.09 Å². The molecule has 8 heteroatoms. The van der Waals surface area contributed by atoms with Crippen molar-refractivity contribution in [1.29, 1.82) is 0 Å². The smallest absolute Gasteiger partial charge is 0.409 e. The van der Waals surface area contributed by atoms with E-state index in [4.69, 9.17) is 5.11 Å². The number of H-pyrrole nitrogens is 1. The van der Waals surface area contributed by atoms with Crippen LogP contribution in [0, 0.1) is 5.92 Å². The fraction of sp³-hybridized carbons (Fsp3) is 0.438. The highest BCUT2D eigenvalue weighted by atomic mass is 16.4. The molecule has 0 saturated carbocycles. The van der Waals surface area contributed by atoms with Crippen LogP contribution in [0.15, 0.2) is 18.2 Å². The van der Waals surface area contributed by atoms with Crippen LogP contribution >= 0.6 is 0 Å². The van der Waals surface area contributed by atoms with E-state index in [0.29, 0.717) is 28.2 Å². The van der Waals surface area contributed by atoms with E-state index >= 15 is 0 Å². The highest BCUT2D eigenvalue weighted by Crippen LogP contribution is 2.28. The lowest BCUT2D eigenvalue weighted by Gasteiger charge is -2.44. The molecule has 5 rings (SSSR count). The van der Waals surface area contributed by atoms with Crippen molar-refractivity contribution < 1.29 is 14.7 Å². The maximum Gasteiger partial charge on any atom is 0.409 e. The number of amides is 2. The van der Waals surface area contributed by atoms with Gasteiger partial charge in [-0.3, -0.25) is 15.2 Å². The minimum atomic E-state index is -1.14. The molecule has 3 fully saturated rings. The van der Waals surface area contributed by atoms with Crippen LogP contribution in [-0.2, 0) is 0 Å². The predicted octanol–water partition coefficient (Wildman–Crippen LogP) is 1.48. The van der Waals surface area contributed by atoms with E-state index in [2.05, 4.69) is 25.7 Å². The van der Waals surface area contributed by atoms with E-state index in [9.17, 15) is 9.59 Å². The molecular weight excluding hydrogens is 310 g/mol. The Hall–Kier alpha value is -2.61. The Kier molecular flexibility index (Phi) is 3.61. The quantitative estimate of drug-likeness (QED) is 0.682. The van der Waals surface area contributed by atoms with Gasteiger partial charge in [-0.05, 0) is 50.0 Å². The summed E-state index contributed by atoms with van der Waals surface area (Å²) in [6, 6.07) is 5.12. The van der Waals surface area contributed by atoms with E-state index in [1.165, 1.54) is 0 Å². The first-order valence-electron chi connectivity index (χ1n) is 8.11. The third-order valence-corrected chi connectivity index (χ3v) is 5.00. The number of aromatic amines is 1. The highest BCUT2D eigenvalue weighted by molar-refractivity contribution is 6.06. The summed E-state index contributed by atoms with van der Waals surface area (Å²) >= 11 is 0. The van der Waals surface area contributed by atoms with Crippen LogP contribution in [-0.4, -0.2) is 57.9 Å². The number of carbonyl (C=O) groups excluding carboxylic acids is 1. The van der Waals surface area contributed by atoms with Crippen LogP contribution in [0.4, 0.5) is 10.5 Å². The van der Waals surface area contributed by atoms with Crippen LogP contribution in [0.2, 0.25) is 0 Å². The Morgan fingerprint density at radius 3 is 2.75 bits per heavy atom. The second-order valence-electron chi connectivity index (χ2n) is 6.48. The minimum Gasteiger partial charge on any atom is -0.465 e. The maximum atomic E-state index is 12.6. The number of carbonyl (C=O) groups is 2. The number of hydrogen-bond donors (Lipinski definition) is 4. The first kappa shape index (κ1) is 14.9. The molecule has 126 valence electrons. The molecule has 8 nitrogen and oxygen atoms in total. The zero-order valence-electron chi connectivity index (χ0n) is 13.1. The summed E-state index contributed by atoms with van der Waals surface area (Å²) in [6.07, 6.45) is 1.11. The third-order valence-electron chi connectivity index (χ3n) is 5.00. The average Bonchev–Trinajstić information content (AvgIpc) is 2.98. The molecule has 1 aromatic heterocycles. The summed E-state index contributed by atoms with van der Waals surface area (Å²) in [6.45, 7) is 3.13. The van der Waals surface area contributed by atoms with E-state index in [1.54, 1.807) is 18.2 Å². The minimum absolute atomic E-state index is 0.159. The number of piperidine rings is 3. The van der Waals surface area contributed by atoms with Gasteiger partial charge < -0.3 is 15.3 Å². The Morgan fingerprint density at radius 2 is 2.08 bits per heavy atom. The van der Waals surface area contributed by atoms with Crippen molar-refractivity contribution in [2.75, 3.05) is 25.0 Å². The number of hydrogen-bond acceptors (Lipinski definition) is 4. The van der Waals surface area contributed by atoms with Crippen molar-refractivity contribution in [1.82, 2.24) is 20.4 Å². The largest absolute Gasteiger partial charge is 0.465 e. The summed E-state index contributed by atoms with van der Waals surface area (Å²) in [4.78, 5) is 25.8. The van der Waals surface area contributed by atoms with Crippen LogP contribution in [0.5, 0.6) is 0 Å². The van der Waals surface area contributed by atoms with Crippen molar-refractivity contribution >= 4 is 28.6 Å². The van der Waals surface area contributed by atoms with Crippen molar-refractivity contribution in [2.45, 2.75) is 18.9 Å². The first-order valence-corrected chi connectivity index (χ1v) is 8.11.